The Hall–Kier alpha value is -1.08. The normalized spacial score (nSPS) is 12.3. The van der Waals surface area contributed by atoms with Crippen LogP contribution in [0.1, 0.15) is 28.7 Å². The van der Waals surface area contributed by atoms with Gasteiger partial charge in [0.05, 0.1) is 16.1 Å². The molecule has 1 aromatic heterocycles. The zero-order chi connectivity index (χ0) is 12.8. The Morgan fingerprint density at radius 2 is 2.24 bits per heavy atom. The van der Waals surface area contributed by atoms with Gasteiger partial charge >= 0.3 is 11.9 Å². The minimum absolute atomic E-state index is 0.0704. The van der Waals surface area contributed by atoms with Crippen LogP contribution in [0.25, 0.3) is 0 Å². The van der Waals surface area contributed by atoms with E-state index >= 15 is 0 Å². The second-order valence-corrected chi connectivity index (χ2v) is 5.49. The van der Waals surface area contributed by atoms with Crippen LogP contribution in [0.4, 0.5) is 0 Å². The molecule has 1 unspecified atom stereocenters. The van der Waals surface area contributed by atoms with Crippen molar-refractivity contribution in [2.24, 2.45) is 0 Å². The van der Waals surface area contributed by atoms with E-state index in [2.05, 4.69) is 4.98 Å². The van der Waals surface area contributed by atoms with Crippen molar-refractivity contribution in [3.63, 3.8) is 0 Å². The minimum atomic E-state index is -0.905. The summed E-state index contributed by atoms with van der Waals surface area (Å²) in [5, 5.41) is 17.0. The number of aryl methyl sites for hydroxylation is 1. The minimum Gasteiger partial charge on any atom is -0.481 e. The van der Waals surface area contributed by atoms with Gasteiger partial charge < -0.3 is 10.2 Å². The van der Waals surface area contributed by atoms with Gasteiger partial charge in [0.1, 0.15) is 5.25 Å². The Labute approximate surface area is 107 Å². The van der Waals surface area contributed by atoms with Crippen molar-refractivity contribution in [2.45, 2.75) is 25.0 Å². The fourth-order valence-electron chi connectivity index (χ4n) is 1.25. The van der Waals surface area contributed by atoms with Gasteiger partial charge in [0.15, 0.2) is 0 Å². The van der Waals surface area contributed by atoms with Crippen molar-refractivity contribution in [2.75, 3.05) is 5.75 Å². The third kappa shape index (κ3) is 4.35. The molecule has 1 rings (SSSR count). The number of carbonyl (C=O) groups is 2. The second-order valence-electron chi connectivity index (χ2n) is 3.39. The van der Waals surface area contributed by atoms with E-state index in [9.17, 15) is 9.59 Å². The van der Waals surface area contributed by atoms with E-state index in [1.807, 2.05) is 0 Å². The van der Waals surface area contributed by atoms with Crippen molar-refractivity contribution in [1.82, 2.24) is 4.98 Å². The molecule has 0 aliphatic heterocycles. The maximum atomic E-state index is 11.1. The molecule has 0 amide bonds. The lowest BCUT2D eigenvalue weighted by Gasteiger charge is -2.10. The van der Waals surface area contributed by atoms with Crippen LogP contribution in [-0.4, -0.2) is 32.9 Å². The maximum absolute atomic E-state index is 11.1. The first-order chi connectivity index (χ1) is 8.02. The lowest BCUT2D eigenvalue weighted by molar-refractivity contribution is -0.137. The number of nitrogens with zero attached hydrogens (tertiary/aromatic N) is 1. The highest BCUT2D eigenvalue weighted by Gasteiger charge is 2.23. The van der Waals surface area contributed by atoms with Gasteiger partial charge in [-0.3, -0.25) is 9.59 Å². The zero-order valence-corrected chi connectivity index (χ0v) is 10.9. The van der Waals surface area contributed by atoms with Crippen LogP contribution in [0.15, 0.2) is 5.51 Å². The Kier molecular flexibility index (Phi) is 5.43. The molecule has 0 aromatic carbocycles. The lowest BCUT2D eigenvalue weighted by atomic mass is 10.3. The van der Waals surface area contributed by atoms with Gasteiger partial charge in [0.25, 0.3) is 0 Å². The molecule has 17 heavy (non-hydrogen) atoms. The molecule has 1 atom stereocenters. The number of carboxylic acids is 2. The van der Waals surface area contributed by atoms with Crippen LogP contribution in [-0.2, 0) is 9.59 Å². The lowest BCUT2D eigenvalue weighted by Crippen LogP contribution is -2.09. The van der Waals surface area contributed by atoms with E-state index in [-0.39, 0.29) is 6.42 Å². The average molecular weight is 275 g/mol. The molecule has 0 aliphatic carbocycles. The summed E-state index contributed by atoms with van der Waals surface area (Å²) in [6.07, 6.45) is 0.544. The first-order valence-electron chi connectivity index (χ1n) is 4.98. The molecule has 0 radical (unpaired) electrons. The highest BCUT2D eigenvalue weighted by molar-refractivity contribution is 8.00. The highest BCUT2D eigenvalue weighted by Crippen LogP contribution is 2.34. The van der Waals surface area contributed by atoms with E-state index in [1.165, 1.54) is 23.1 Å². The number of rotatable bonds is 7. The van der Waals surface area contributed by atoms with Crippen molar-refractivity contribution in [1.29, 1.82) is 0 Å². The van der Waals surface area contributed by atoms with Gasteiger partial charge in [-0.15, -0.1) is 23.1 Å². The van der Waals surface area contributed by atoms with Crippen LogP contribution in [0, 0.1) is 6.92 Å². The third-order valence-electron chi connectivity index (χ3n) is 2.06. The first kappa shape index (κ1) is 14.0. The van der Waals surface area contributed by atoms with Crippen LogP contribution in [0.3, 0.4) is 0 Å². The summed E-state index contributed by atoms with van der Waals surface area (Å²) in [5.41, 5.74) is 2.35. The Bertz CT molecular complexity index is 405. The summed E-state index contributed by atoms with van der Waals surface area (Å²) in [7, 11) is 0. The summed E-state index contributed by atoms with van der Waals surface area (Å²) >= 11 is 2.57. The number of thiazole rings is 1. The van der Waals surface area contributed by atoms with Crippen molar-refractivity contribution in [3.8, 4) is 0 Å². The molecule has 0 aliphatic rings. The van der Waals surface area contributed by atoms with Crippen molar-refractivity contribution >= 4 is 35.0 Å². The van der Waals surface area contributed by atoms with Gasteiger partial charge in [0, 0.05) is 6.42 Å². The van der Waals surface area contributed by atoms with Gasteiger partial charge in [-0.05, 0) is 19.1 Å². The topological polar surface area (TPSA) is 87.5 Å². The van der Waals surface area contributed by atoms with Crippen molar-refractivity contribution < 1.29 is 19.8 Å². The number of aliphatic carboxylic acids is 2. The number of carboxylic acid groups (broad SMARTS) is 2. The number of hydrogen-bond donors (Lipinski definition) is 2. The number of thioether (sulfide) groups is 1. The van der Waals surface area contributed by atoms with Gasteiger partial charge in [-0.25, -0.2) is 4.98 Å². The molecule has 0 bridgehead atoms. The van der Waals surface area contributed by atoms with Crippen LogP contribution in [0.2, 0.25) is 0 Å². The highest BCUT2D eigenvalue weighted by atomic mass is 32.2. The second kappa shape index (κ2) is 6.61. The third-order valence-corrected chi connectivity index (χ3v) is 4.50. The van der Waals surface area contributed by atoms with E-state index in [4.69, 9.17) is 10.2 Å². The summed E-state index contributed by atoms with van der Waals surface area (Å²) in [4.78, 5) is 26.2. The Balaban J connectivity index is 2.54. The molecule has 0 spiro atoms. The van der Waals surface area contributed by atoms with E-state index in [0.29, 0.717) is 12.2 Å². The average Bonchev–Trinajstić information content (AvgIpc) is 2.63. The zero-order valence-electron chi connectivity index (χ0n) is 9.25. The SMILES string of the molecule is Cc1ncsc1C(SCCCC(=O)O)C(=O)O. The van der Waals surface area contributed by atoms with E-state index < -0.39 is 17.2 Å². The molecule has 2 N–H and O–H groups in total. The van der Waals surface area contributed by atoms with E-state index in [0.717, 1.165) is 10.6 Å². The smallest absolute Gasteiger partial charge is 0.322 e. The molecule has 0 saturated carbocycles. The quantitative estimate of drug-likeness (QED) is 0.742. The fourth-order valence-corrected chi connectivity index (χ4v) is 3.40. The molecule has 1 heterocycles. The molecular formula is C10H13NO4S2. The molecular weight excluding hydrogens is 262 g/mol. The first-order valence-corrected chi connectivity index (χ1v) is 6.91. The molecule has 0 saturated heterocycles. The molecule has 7 heteroatoms. The Morgan fingerprint density at radius 3 is 2.71 bits per heavy atom. The largest absolute Gasteiger partial charge is 0.481 e. The molecule has 5 nitrogen and oxygen atoms in total. The monoisotopic (exact) mass is 275 g/mol. The number of hydrogen-bond acceptors (Lipinski definition) is 5. The standard InChI is InChI=1S/C10H13NO4S2/c1-6-8(17-5-11-6)9(10(14)15)16-4-2-3-7(12)13/h5,9H,2-4H2,1H3,(H,12,13)(H,14,15). The van der Waals surface area contributed by atoms with Crippen LogP contribution < -0.4 is 0 Å². The predicted molar refractivity (Wildman–Crippen MR) is 66.6 cm³/mol. The maximum Gasteiger partial charge on any atom is 0.322 e. The van der Waals surface area contributed by atoms with Gasteiger partial charge in [0.2, 0.25) is 0 Å². The summed E-state index contributed by atoms with van der Waals surface area (Å²) in [6, 6.07) is 0. The summed E-state index contributed by atoms with van der Waals surface area (Å²) < 4.78 is 0. The Morgan fingerprint density at radius 1 is 1.53 bits per heavy atom. The van der Waals surface area contributed by atoms with E-state index in [1.54, 1.807) is 12.4 Å². The molecule has 0 fully saturated rings. The van der Waals surface area contributed by atoms with Gasteiger partial charge in [-0.2, -0.15) is 0 Å². The summed E-state index contributed by atoms with van der Waals surface area (Å²) in [6.45, 7) is 1.78. The number of aromatic nitrogens is 1. The van der Waals surface area contributed by atoms with Gasteiger partial charge in [-0.1, -0.05) is 0 Å². The molecule has 94 valence electrons. The molecule has 1 aromatic rings. The summed E-state index contributed by atoms with van der Waals surface area (Å²) in [5.74, 6) is -1.25. The van der Waals surface area contributed by atoms with Crippen LogP contribution in [0.5, 0.6) is 0 Å². The van der Waals surface area contributed by atoms with Crippen LogP contribution >= 0.6 is 23.1 Å². The fraction of sp³-hybridized carbons (Fsp3) is 0.500. The predicted octanol–water partition coefficient (Wildman–Crippen LogP) is 2.18. The van der Waals surface area contributed by atoms with Crippen molar-refractivity contribution in [3.05, 3.63) is 16.1 Å².